The molecule has 0 aromatic carbocycles. The number of rotatable bonds is 4. The van der Waals surface area contributed by atoms with Crippen LogP contribution in [0.3, 0.4) is 0 Å². The molecule has 0 spiro atoms. The molecule has 1 N–H and O–H groups in total. The van der Waals surface area contributed by atoms with Crippen LogP contribution in [-0.2, 0) is 0 Å². The monoisotopic (exact) mass is 313 g/mol. The topological polar surface area (TPSA) is 68.1 Å². The molecule has 0 bridgehead atoms. The van der Waals surface area contributed by atoms with Gasteiger partial charge >= 0.3 is 11.9 Å². The molecule has 1 rings (SSSR count). The predicted molar refractivity (Wildman–Crippen MR) is 57.8 cm³/mol. The third kappa shape index (κ3) is 4.17. The molecule has 0 aliphatic heterocycles. The van der Waals surface area contributed by atoms with Gasteiger partial charge in [0.1, 0.15) is 11.9 Å². The summed E-state index contributed by atoms with van der Waals surface area (Å²) < 4.78 is 36.0. The van der Waals surface area contributed by atoms with Gasteiger partial charge < -0.3 is 5.32 Å². The van der Waals surface area contributed by atoms with Crippen molar-refractivity contribution >= 4 is 27.3 Å². The number of nitrogens with one attached hydrogen (secondary N) is 1. The summed E-state index contributed by atoms with van der Waals surface area (Å²) in [5.41, 5.74) is -0.379. The van der Waals surface area contributed by atoms with Crippen LogP contribution >= 0.6 is 15.9 Å². The van der Waals surface area contributed by atoms with Crippen LogP contribution in [0.1, 0.15) is 6.42 Å². The molecule has 0 radical (unpaired) electrons. The molecule has 0 saturated carbocycles. The van der Waals surface area contributed by atoms with Gasteiger partial charge in [0, 0.05) is 12.7 Å². The molecule has 0 aliphatic carbocycles. The minimum atomic E-state index is -4.30. The zero-order valence-electron chi connectivity index (χ0n) is 8.29. The first-order valence-corrected chi connectivity index (χ1v) is 5.19. The quantitative estimate of drug-likeness (QED) is 0.685. The van der Waals surface area contributed by atoms with E-state index >= 15 is 0 Å². The lowest BCUT2D eigenvalue weighted by molar-refractivity contribution is -0.384. The first kappa shape index (κ1) is 13.7. The van der Waals surface area contributed by atoms with Crippen molar-refractivity contribution in [2.75, 3.05) is 11.9 Å². The second-order valence-electron chi connectivity index (χ2n) is 3.06. The molecule has 0 amide bonds. The number of hydrogen-bond acceptors (Lipinski definition) is 4. The van der Waals surface area contributed by atoms with Gasteiger partial charge in [-0.3, -0.25) is 15.1 Å². The van der Waals surface area contributed by atoms with E-state index in [1.165, 1.54) is 6.20 Å². The van der Waals surface area contributed by atoms with Crippen LogP contribution in [0.4, 0.5) is 24.5 Å². The fourth-order valence-electron chi connectivity index (χ4n) is 1.07. The maximum atomic E-state index is 11.9. The van der Waals surface area contributed by atoms with Crippen molar-refractivity contribution in [1.82, 2.24) is 4.98 Å². The number of aromatic nitrogens is 1. The van der Waals surface area contributed by atoms with Gasteiger partial charge in [-0.2, -0.15) is 13.2 Å². The zero-order chi connectivity index (χ0) is 13.1. The van der Waals surface area contributed by atoms with Crippen molar-refractivity contribution < 1.29 is 18.1 Å². The van der Waals surface area contributed by atoms with Crippen LogP contribution < -0.4 is 5.32 Å². The molecule has 0 saturated heterocycles. The lowest BCUT2D eigenvalue weighted by Gasteiger charge is -2.10. The summed E-state index contributed by atoms with van der Waals surface area (Å²) in [6.45, 7) is -0.438. The van der Waals surface area contributed by atoms with Crippen molar-refractivity contribution in [3.8, 4) is 0 Å². The van der Waals surface area contributed by atoms with E-state index in [0.717, 1.165) is 6.20 Å². The van der Waals surface area contributed by atoms with Gasteiger partial charge in [-0.1, -0.05) is 0 Å². The summed E-state index contributed by atoms with van der Waals surface area (Å²) in [4.78, 5) is 13.5. The molecule has 9 heteroatoms. The van der Waals surface area contributed by atoms with Gasteiger partial charge in [0.15, 0.2) is 0 Å². The Bertz CT molecular complexity index is 425. The average Bonchev–Trinajstić information content (AvgIpc) is 2.18. The Kier molecular flexibility index (Phi) is 4.27. The van der Waals surface area contributed by atoms with Crippen LogP contribution in [-0.4, -0.2) is 22.6 Å². The Morgan fingerprint density at radius 1 is 1.47 bits per heavy atom. The second kappa shape index (κ2) is 5.30. The average molecular weight is 314 g/mol. The molecule has 0 unspecified atom stereocenters. The first-order valence-electron chi connectivity index (χ1n) is 4.40. The third-order valence-corrected chi connectivity index (χ3v) is 2.39. The van der Waals surface area contributed by atoms with E-state index in [-0.39, 0.29) is 15.8 Å². The van der Waals surface area contributed by atoms with Gasteiger partial charge in [-0.15, -0.1) is 0 Å². The second-order valence-corrected chi connectivity index (χ2v) is 3.92. The minimum Gasteiger partial charge on any atom is -0.378 e. The maximum Gasteiger partial charge on any atom is 0.390 e. The molecular weight excluding hydrogens is 307 g/mol. The summed E-state index contributed by atoms with van der Waals surface area (Å²) in [7, 11) is 0. The van der Waals surface area contributed by atoms with Crippen molar-refractivity contribution in [2.24, 2.45) is 0 Å². The van der Waals surface area contributed by atoms with E-state index in [1.807, 2.05) is 0 Å². The number of anilines is 1. The Morgan fingerprint density at radius 3 is 2.65 bits per heavy atom. The highest BCUT2D eigenvalue weighted by molar-refractivity contribution is 9.10. The van der Waals surface area contributed by atoms with E-state index in [2.05, 4.69) is 26.2 Å². The molecule has 1 aromatic rings. The number of alkyl halides is 3. The van der Waals surface area contributed by atoms with Crippen molar-refractivity contribution in [3.63, 3.8) is 0 Å². The van der Waals surface area contributed by atoms with Gasteiger partial charge in [-0.05, 0) is 15.9 Å². The summed E-state index contributed by atoms with van der Waals surface area (Å²) in [5.74, 6) is 0. The number of nitrogens with zero attached hydrogens (tertiary/aromatic N) is 2. The minimum absolute atomic E-state index is 0.00532. The Balaban J connectivity index is 2.79. The Hall–Kier alpha value is -1.38. The lowest BCUT2D eigenvalue weighted by Crippen LogP contribution is -2.15. The van der Waals surface area contributed by atoms with Gasteiger partial charge in [0.05, 0.1) is 15.8 Å². The highest BCUT2D eigenvalue weighted by atomic mass is 79.9. The van der Waals surface area contributed by atoms with Crippen molar-refractivity contribution in [1.29, 1.82) is 0 Å². The Labute approximate surface area is 102 Å². The van der Waals surface area contributed by atoms with Crippen LogP contribution in [0.2, 0.25) is 0 Å². The molecule has 1 aromatic heterocycles. The molecule has 0 fully saturated rings. The molecule has 17 heavy (non-hydrogen) atoms. The van der Waals surface area contributed by atoms with E-state index < -0.39 is 24.1 Å². The molecule has 0 aliphatic rings. The fraction of sp³-hybridized carbons (Fsp3) is 0.375. The third-order valence-electron chi connectivity index (χ3n) is 1.79. The van der Waals surface area contributed by atoms with Crippen LogP contribution in [0.25, 0.3) is 0 Å². The first-order chi connectivity index (χ1) is 7.81. The van der Waals surface area contributed by atoms with E-state index in [4.69, 9.17) is 0 Å². The predicted octanol–water partition coefficient (Wildman–Crippen LogP) is 3.12. The number of hydrogen-bond donors (Lipinski definition) is 1. The van der Waals surface area contributed by atoms with Crippen molar-refractivity contribution in [3.05, 3.63) is 27.0 Å². The number of halogens is 4. The van der Waals surface area contributed by atoms with E-state index in [1.54, 1.807) is 0 Å². The maximum absolute atomic E-state index is 11.9. The molecular formula is C8H7BrF3N3O2. The lowest BCUT2D eigenvalue weighted by atomic mass is 10.3. The summed E-state index contributed by atoms with van der Waals surface area (Å²) >= 11 is 2.99. The van der Waals surface area contributed by atoms with Crippen LogP contribution in [0, 0.1) is 10.1 Å². The zero-order valence-corrected chi connectivity index (χ0v) is 9.88. The molecule has 94 valence electrons. The van der Waals surface area contributed by atoms with Gasteiger partial charge in [0.2, 0.25) is 0 Å². The standard InChI is InChI=1S/C8H7BrF3N3O2/c9-5-3-13-4-6(15(16)17)7(5)14-2-1-8(10,11)12/h3-4H,1-2H2,(H,13,14). The number of nitro groups is 1. The summed E-state index contributed by atoms with van der Waals surface area (Å²) in [6.07, 6.45) is -3.14. The van der Waals surface area contributed by atoms with Crippen LogP contribution in [0.15, 0.2) is 16.9 Å². The highest BCUT2D eigenvalue weighted by Crippen LogP contribution is 2.31. The molecule has 1 heterocycles. The normalized spacial score (nSPS) is 11.3. The van der Waals surface area contributed by atoms with E-state index in [9.17, 15) is 23.3 Å². The smallest absolute Gasteiger partial charge is 0.378 e. The SMILES string of the molecule is O=[N+]([O-])c1cncc(Br)c1NCCC(F)(F)F. The number of pyridine rings is 1. The highest BCUT2D eigenvalue weighted by Gasteiger charge is 2.27. The van der Waals surface area contributed by atoms with E-state index in [0.29, 0.717) is 0 Å². The fourth-order valence-corrected chi connectivity index (χ4v) is 1.53. The van der Waals surface area contributed by atoms with Crippen LogP contribution in [0.5, 0.6) is 0 Å². The van der Waals surface area contributed by atoms with Crippen molar-refractivity contribution in [2.45, 2.75) is 12.6 Å². The Morgan fingerprint density at radius 2 is 2.12 bits per heavy atom. The molecule has 0 atom stereocenters. The largest absolute Gasteiger partial charge is 0.390 e. The summed E-state index contributed by atoms with van der Waals surface area (Å²) in [6, 6.07) is 0. The van der Waals surface area contributed by atoms with Gasteiger partial charge in [0.25, 0.3) is 0 Å². The summed E-state index contributed by atoms with van der Waals surface area (Å²) in [5, 5.41) is 13.0. The van der Waals surface area contributed by atoms with Gasteiger partial charge in [-0.25, -0.2) is 0 Å². The molecule has 5 nitrogen and oxygen atoms in total.